The Morgan fingerprint density at radius 1 is 0.967 bits per heavy atom. The zero-order chi connectivity index (χ0) is 21.5. The van der Waals surface area contributed by atoms with Crippen molar-refractivity contribution in [3.8, 4) is 0 Å². The highest BCUT2D eigenvalue weighted by Crippen LogP contribution is 2.16. The van der Waals surface area contributed by atoms with Crippen molar-refractivity contribution in [2.45, 2.75) is 26.3 Å². The van der Waals surface area contributed by atoms with Crippen molar-refractivity contribution in [3.63, 3.8) is 0 Å². The number of benzene rings is 2. The van der Waals surface area contributed by atoms with Crippen LogP contribution in [0.5, 0.6) is 0 Å². The van der Waals surface area contributed by atoms with Crippen molar-refractivity contribution in [1.82, 2.24) is 15.1 Å². The third kappa shape index (κ3) is 6.15. The monoisotopic (exact) mass is 408 g/mol. The van der Waals surface area contributed by atoms with E-state index in [1.807, 2.05) is 0 Å². The molecule has 30 heavy (non-hydrogen) atoms. The Morgan fingerprint density at radius 2 is 1.63 bits per heavy atom. The Kier molecular flexibility index (Phi) is 7.60. The fraction of sp³-hybridized carbons (Fsp3) is 0.417. The van der Waals surface area contributed by atoms with Gasteiger partial charge < -0.3 is 10.6 Å². The van der Waals surface area contributed by atoms with Gasteiger partial charge in [0.05, 0.1) is 6.54 Å². The number of nitrogens with one attached hydrogen (secondary N) is 2. The van der Waals surface area contributed by atoms with E-state index in [4.69, 9.17) is 0 Å². The van der Waals surface area contributed by atoms with Crippen molar-refractivity contribution < 1.29 is 9.59 Å². The minimum absolute atomic E-state index is 0.0539. The predicted octanol–water partition coefficient (Wildman–Crippen LogP) is 2.93. The second kappa shape index (κ2) is 10.4. The van der Waals surface area contributed by atoms with Crippen LogP contribution in [-0.4, -0.2) is 61.4 Å². The van der Waals surface area contributed by atoms with Crippen LogP contribution in [0.2, 0.25) is 0 Å². The molecule has 0 atom stereocenters. The highest BCUT2D eigenvalue weighted by molar-refractivity contribution is 5.97. The van der Waals surface area contributed by atoms with Gasteiger partial charge in [0.1, 0.15) is 0 Å². The van der Waals surface area contributed by atoms with Gasteiger partial charge in [-0.15, -0.1) is 0 Å². The van der Waals surface area contributed by atoms with Gasteiger partial charge in [-0.1, -0.05) is 44.2 Å². The summed E-state index contributed by atoms with van der Waals surface area (Å²) >= 11 is 0. The molecule has 1 fully saturated rings. The summed E-state index contributed by atoms with van der Waals surface area (Å²) in [6, 6.07) is 15.9. The number of hydrogen-bond acceptors (Lipinski definition) is 4. The number of carbonyl (C=O) groups is 2. The Balaban J connectivity index is 1.44. The molecular weight excluding hydrogens is 376 g/mol. The molecular formula is C24H32N4O2. The highest BCUT2D eigenvalue weighted by atomic mass is 16.2. The van der Waals surface area contributed by atoms with Crippen LogP contribution in [0.3, 0.4) is 0 Å². The van der Waals surface area contributed by atoms with E-state index >= 15 is 0 Å². The normalized spacial score (nSPS) is 15.2. The van der Waals surface area contributed by atoms with Crippen LogP contribution < -0.4 is 10.6 Å². The second-order valence-electron chi connectivity index (χ2n) is 8.16. The molecule has 0 unspecified atom stereocenters. The number of carbonyl (C=O) groups excluding carboxylic acids is 2. The molecule has 1 saturated heterocycles. The first-order chi connectivity index (χ1) is 14.4. The zero-order valence-electron chi connectivity index (χ0n) is 18.1. The van der Waals surface area contributed by atoms with Crippen molar-refractivity contribution >= 4 is 17.5 Å². The van der Waals surface area contributed by atoms with Crippen LogP contribution in [0.1, 0.15) is 41.3 Å². The molecule has 160 valence electrons. The summed E-state index contributed by atoms with van der Waals surface area (Å²) in [5.74, 6) is 0.336. The molecule has 6 nitrogen and oxygen atoms in total. The zero-order valence-corrected chi connectivity index (χ0v) is 18.1. The summed E-state index contributed by atoms with van der Waals surface area (Å²) in [4.78, 5) is 28.8. The van der Waals surface area contributed by atoms with Gasteiger partial charge in [0, 0.05) is 51.0 Å². The Bertz CT molecular complexity index is 856. The minimum Gasteiger partial charge on any atom is -0.355 e. The van der Waals surface area contributed by atoms with Crippen molar-refractivity contribution in [2.24, 2.45) is 0 Å². The summed E-state index contributed by atoms with van der Waals surface area (Å²) < 4.78 is 0. The fourth-order valence-corrected chi connectivity index (χ4v) is 3.66. The van der Waals surface area contributed by atoms with Gasteiger partial charge in [-0.25, -0.2) is 0 Å². The third-order valence-corrected chi connectivity index (χ3v) is 5.52. The molecule has 0 saturated carbocycles. The number of anilines is 1. The average Bonchev–Trinajstić information content (AvgIpc) is 2.75. The van der Waals surface area contributed by atoms with Crippen LogP contribution in [-0.2, 0) is 11.3 Å². The summed E-state index contributed by atoms with van der Waals surface area (Å²) in [5, 5.41) is 5.49. The molecule has 2 N–H and O–H groups in total. The predicted molar refractivity (Wildman–Crippen MR) is 121 cm³/mol. The molecule has 0 aromatic heterocycles. The maximum Gasteiger partial charge on any atom is 0.251 e. The Hall–Kier alpha value is -2.70. The first-order valence-corrected chi connectivity index (χ1v) is 10.6. The number of amides is 2. The Morgan fingerprint density at radius 3 is 2.27 bits per heavy atom. The van der Waals surface area contributed by atoms with Crippen LogP contribution in [0.25, 0.3) is 0 Å². The van der Waals surface area contributed by atoms with Crippen molar-refractivity contribution in [1.29, 1.82) is 0 Å². The standard InChI is InChI=1S/C24H32N4O2/c1-18(2)20-9-7-19(8-10-20)16-27-11-13-28(14-12-27)17-23(29)26-22-6-4-5-21(15-22)24(30)25-3/h4-10,15,18H,11-14,16-17H2,1-3H3,(H,25,30)(H,26,29). The van der Waals surface area contributed by atoms with Gasteiger partial charge in [0.2, 0.25) is 5.91 Å². The SMILES string of the molecule is CNC(=O)c1cccc(NC(=O)CN2CCN(Cc3ccc(C(C)C)cc3)CC2)c1. The molecule has 6 heteroatoms. The van der Waals surface area contributed by atoms with Crippen LogP contribution in [0, 0.1) is 0 Å². The van der Waals surface area contributed by atoms with E-state index < -0.39 is 0 Å². The lowest BCUT2D eigenvalue weighted by Crippen LogP contribution is -2.48. The van der Waals surface area contributed by atoms with E-state index in [0.717, 1.165) is 32.7 Å². The van der Waals surface area contributed by atoms with Crippen LogP contribution >= 0.6 is 0 Å². The van der Waals surface area contributed by atoms with E-state index in [2.05, 4.69) is 58.5 Å². The van der Waals surface area contributed by atoms with Gasteiger partial charge in [0.15, 0.2) is 0 Å². The van der Waals surface area contributed by atoms with Gasteiger partial charge in [-0.2, -0.15) is 0 Å². The Labute approximate surface area is 179 Å². The summed E-state index contributed by atoms with van der Waals surface area (Å²) in [5.41, 5.74) is 3.88. The molecule has 1 aliphatic rings. The van der Waals surface area contributed by atoms with E-state index in [9.17, 15) is 9.59 Å². The first-order valence-electron chi connectivity index (χ1n) is 10.6. The van der Waals surface area contributed by atoms with Crippen LogP contribution in [0.15, 0.2) is 48.5 Å². The maximum absolute atomic E-state index is 12.4. The van der Waals surface area contributed by atoms with Crippen molar-refractivity contribution in [3.05, 3.63) is 65.2 Å². The molecule has 2 aromatic carbocycles. The molecule has 0 bridgehead atoms. The number of hydrogen-bond donors (Lipinski definition) is 2. The summed E-state index contributed by atoms with van der Waals surface area (Å²) in [6.45, 7) is 9.38. The lowest BCUT2D eigenvalue weighted by atomic mass is 10.0. The van der Waals surface area contributed by atoms with E-state index in [0.29, 0.717) is 23.7 Å². The quantitative estimate of drug-likeness (QED) is 0.739. The first kappa shape index (κ1) is 22.0. The van der Waals surface area contributed by atoms with Crippen molar-refractivity contribution in [2.75, 3.05) is 45.1 Å². The number of piperazine rings is 1. The van der Waals surface area contributed by atoms with Crippen LogP contribution in [0.4, 0.5) is 5.69 Å². The minimum atomic E-state index is -0.166. The fourth-order valence-electron chi connectivity index (χ4n) is 3.66. The van der Waals surface area contributed by atoms with E-state index in [-0.39, 0.29) is 11.8 Å². The van der Waals surface area contributed by atoms with Gasteiger partial charge in [0.25, 0.3) is 5.91 Å². The highest BCUT2D eigenvalue weighted by Gasteiger charge is 2.19. The molecule has 2 aromatic rings. The topological polar surface area (TPSA) is 64.7 Å². The summed E-state index contributed by atoms with van der Waals surface area (Å²) in [7, 11) is 1.59. The van der Waals surface area contributed by atoms with Gasteiger partial charge in [-0.05, 0) is 35.2 Å². The largest absolute Gasteiger partial charge is 0.355 e. The number of rotatable bonds is 7. The van der Waals surface area contributed by atoms with E-state index in [1.54, 1.807) is 31.3 Å². The third-order valence-electron chi connectivity index (χ3n) is 5.52. The number of nitrogens with zero attached hydrogens (tertiary/aromatic N) is 2. The average molecular weight is 409 g/mol. The molecule has 2 amide bonds. The lowest BCUT2D eigenvalue weighted by Gasteiger charge is -2.34. The van der Waals surface area contributed by atoms with E-state index in [1.165, 1.54) is 11.1 Å². The molecule has 0 spiro atoms. The maximum atomic E-state index is 12.4. The molecule has 0 radical (unpaired) electrons. The molecule has 3 rings (SSSR count). The smallest absolute Gasteiger partial charge is 0.251 e. The van der Waals surface area contributed by atoms with Gasteiger partial charge >= 0.3 is 0 Å². The van der Waals surface area contributed by atoms with Gasteiger partial charge in [-0.3, -0.25) is 19.4 Å². The molecule has 1 aliphatic heterocycles. The summed E-state index contributed by atoms with van der Waals surface area (Å²) in [6.07, 6.45) is 0. The second-order valence-corrected chi connectivity index (χ2v) is 8.16. The molecule has 1 heterocycles. The molecule has 0 aliphatic carbocycles. The lowest BCUT2D eigenvalue weighted by molar-refractivity contribution is -0.117.